The molecule has 1 aromatic carbocycles. The lowest BCUT2D eigenvalue weighted by Crippen LogP contribution is -2.20. The fourth-order valence-corrected chi connectivity index (χ4v) is 5.05. The number of halogens is 2. The highest BCUT2D eigenvalue weighted by Crippen LogP contribution is 2.30. The monoisotopic (exact) mass is 568 g/mol. The maximum Gasteiger partial charge on any atom is 0.300 e. The minimum atomic E-state index is -4.47. The molecule has 11 nitrogen and oxygen atoms in total. The Kier molecular flexibility index (Phi) is 7.17. The molecular formula is C26H22F2N6O5S. The van der Waals surface area contributed by atoms with Crippen LogP contribution in [0.5, 0.6) is 11.6 Å². The zero-order valence-electron chi connectivity index (χ0n) is 21.2. The molecule has 0 unspecified atom stereocenters. The minimum Gasteiger partial charge on any atom is -0.485 e. The summed E-state index contributed by atoms with van der Waals surface area (Å²) in [6, 6.07) is 8.67. The van der Waals surface area contributed by atoms with E-state index in [-0.39, 0.29) is 23.9 Å². The van der Waals surface area contributed by atoms with Crippen molar-refractivity contribution in [3.8, 4) is 22.8 Å². The Morgan fingerprint density at radius 2 is 1.85 bits per heavy atom. The molecule has 0 bridgehead atoms. The summed E-state index contributed by atoms with van der Waals surface area (Å²) in [7, 11) is -3.18. The van der Waals surface area contributed by atoms with E-state index in [1.54, 1.807) is 23.0 Å². The van der Waals surface area contributed by atoms with Gasteiger partial charge in [0.15, 0.2) is 0 Å². The van der Waals surface area contributed by atoms with Gasteiger partial charge >= 0.3 is 0 Å². The van der Waals surface area contributed by atoms with Gasteiger partial charge in [-0.25, -0.2) is 27.2 Å². The molecule has 206 valence electrons. The van der Waals surface area contributed by atoms with Gasteiger partial charge in [0.05, 0.1) is 19.9 Å². The van der Waals surface area contributed by atoms with Crippen molar-refractivity contribution in [2.24, 2.45) is 0 Å². The van der Waals surface area contributed by atoms with Crippen molar-refractivity contribution in [2.75, 3.05) is 18.4 Å². The largest absolute Gasteiger partial charge is 0.485 e. The van der Waals surface area contributed by atoms with E-state index in [2.05, 4.69) is 19.8 Å². The fraction of sp³-hybridized carbons (Fsp3) is 0.154. The first-order valence-corrected chi connectivity index (χ1v) is 13.3. The second kappa shape index (κ2) is 10.7. The lowest BCUT2D eigenvalue weighted by molar-refractivity contribution is 0.284. The molecule has 1 N–H and O–H groups in total. The van der Waals surface area contributed by atoms with Crippen LogP contribution in [0.1, 0.15) is 5.69 Å². The predicted molar refractivity (Wildman–Crippen MR) is 141 cm³/mol. The summed E-state index contributed by atoms with van der Waals surface area (Å²) in [5.41, 5.74) is 1.67. The van der Waals surface area contributed by atoms with Gasteiger partial charge in [-0.15, -0.1) is 0 Å². The molecular weight excluding hydrogens is 546 g/mol. The molecule has 0 saturated heterocycles. The van der Waals surface area contributed by atoms with Gasteiger partial charge in [-0.05, 0) is 43.3 Å². The molecule has 0 spiro atoms. The Balaban J connectivity index is 1.45. The molecule has 4 heterocycles. The zero-order chi connectivity index (χ0) is 28.4. The quantitative estimate of drug-likeness (QED) is 0.286. The molecule has 5 rings (SSSR count). The Bertz CT molecular complexity index is 1890. The number of aryl methyl sites for hydroxylation is 1. The smallest absolute Gasteiger partial charge is 0.300 e. The second-order valence-corrected chi connectivity index (χ2v) is 10.2. The number of rotatable bonds is 9. The van der Waals surface area contributed by atoms with Gasteiger partial charge in [-0.1, -0.05) is 0 Å². The van der Waals surface area contributed by atoms with Crippen LogP contribution in [0.4, 0.5) is 14.5 Å². The highest BCUT2D eigenvalue weighted by atomic mass is 32.2. The zero-order valence-corrected chi connectivity index (χ0v) is 22.0. The maximum absolute atomic E-state index is 14.2. The van der Waals surface area contributed by atoms with E-state index < -0.39 is 32.1 Å². The van der Waals surface area contributed by atoms with E-state index in [0.29, 0.717) is 29.4 Å². The topological polar surface area (TPSA) is 130 Å². The Labute approximate surface area is 226 Å². The lowest BCUT2D eigenvalue weighted by atomic mass is 10.1. The summed E-state index contributed by atoms with van der Waals surface area (Å²) in [5, 5.41) is 4.18. The Hall–Kier alpha value is -4.85. The van der Waals surface area contributed by atoms with Crippen LogP contribution in [0.15, 0.2) is 76.9 Å². The molecule has 0 amide bonds. The molecule has 5 aromatic rings. The van der Waals surface area contributed by atoms with E-state index >= 15 is 0 Å². The molecule has 40 heavy (non-hydrogen) atoms. The number of aromatic nitrogens is 5. The third-order valence-corrected chi connectivity index (χ3v) is 7.36. The summed E-state index contributed by atoms with van der Waals surface area (Å²) < 4.78 is 69.3. The number of pyridine rings is 2. The molecule has 0 saturated carbocycles. The fourth-order valence-electron chi connectivity index (χ4n) is 3.94. The molecule has 4 aromatic heterocycles. The van der Waals surface area contributed by atoms with Crippen molar-refractivity contribution in [3.63, 3.8) is 0 Å². The van der Waals surface area contributed by atoms with E-state index in [1.165, 1.54) is 36.2 Å². The number of hydrogen-bond donors (Lipinski definition) is 1. The highest BCUT2D eigenvalue weighted by Gasteiger charge is 2.22. The first kappa shape index (κ1) is 26.7. The van der Waals surface area contributed by atoms with Crippen molar-refractivity contribution < 1.29 is 26.7 Å². The third kappa shape index (κ3) is 5.33. The highest BCUT2D eigenvalue weighted by molar-refractivity contribution is 7.92. The molecule has 0 atom stereocenters. The molecule has 0 aliphatic carbocycles. The van der Waals surface area contributed by atoms with Crippen molar-refractivity contribution in [1.29, 1.82) is 0 Å². The summed E-state index contributed by atoms with van der Waals surface area (Å²) in [4.78, 5) is 20.8. The van der Waals surface area contributed by atoms with Gasteiger partial charge in [0, 0.05) is 41.5 Å². The van der Waals surface area contributed by atoms with Crippen molar-refractivity contribution in [1.82, 2.24) is 24.1 Å². The predicted octanol–water partition coefficient (Wildman–Crippen LogP) is 3.43. The van der Waals surface area contributed by atoms with Crippen LogP contribution in [-0.2, 0) is 16.6 Å². The van der Waals surface area contributed by atoms with Crippen molar-refractivity contribution >= 4 is 21.4 Å². The maximum atomic E-state index is 14.2. The van der Waals surface area contributed by atoms with E-state index in [0.717, 1.165) is 17.8 Å². The number of ether oxygens (including phenoxy) is 2. The Morgan fingerprint density at radius 1 is 1.02 bits per heavy atom. The average molecular weight is 569 g/mol. The second-order valence-electron chi connectivity index (χ2n) is 8.58. The summed E-state index contributed by atoms with van der Waals surface area (Å²) in [6.45, 7) is 2.55. The Morgan fingerprint density at radius 3 is 2.58 bits per heavy atom. The van der Waals surface area contributed by atoms with Crippen LogP contribution in [0.25, 0.3) is 16.8 Å². The molecule has 0 fully saturated rings. The summed E-state index contributed by atoms with van der Waals surface area (Å²) >= 11 is 0. The third-order valence-electron chi connectivity index (χ3n) is 5.97. The minimum absolute atomic E-state index is 0.0436. The standard InChI is InChI=1S/C26H22F2N6O5S/c1-16-7-8-31-34(16)9-10-39-22-14-29-24-6-3-17(15-33(24)26(22)35)18-11-21(25(38-2)30-13-18)32-40(36,37)23-5-4-19(27)12-20(23)28/h3-8,11-15,32H,9-10H2,1-2H3. The summed E-state index contributed by atoms with van der Waals surface area (Å²) in [6.07, 6.45) is 5.95. The van der Waals surface area contributed by atoms with Crippen LogP contribution in [0, 0.1) is 18.6 Å². The molecule has 14 heteroatoms. The molecule has 0 radical (unpaired) electrons. The van der Waals surface area contributed by atoms with E-state index in [4.69, 9.17) is 9.47 Å². The number of methoxy groups -OCH3 is 1. The van der Waals surface area contributed by atoms with Gasteiger partial charge in [0.1, 0.15) is 34.5 Å². The summed E-state index contributed by atoms with van der Waals surface area (Å²) in [5.74, 6) is -2.21. The average Bonchev–Trinajstić information content (AvgIpc) is 3.33. The number of nitrogens with one attached hydrogen (secondary N) is 1. The molecule has 0 aliphatic rings. The first-order valence-electron chi connectivity index (χ1n) is 11.8. The normalized spacial score (nSPS) is 11.5. The van der Waals surface area contributed by atoms with Crippen LogP contribution >= 0.6 is 0 Å². The van der Waals surface area contributed by atoms with E-state index in [1.807, 2.05) is 13.0 Å². The molecule has 0 aliphatic heterocycles. The van der Waals surface area contributed by atoms with Gasteiger partial charge in [-0.2, -0.15) is 5.10 Å². The number of nitrogens with zero attached hydrogens (tertiary/aromatic N) is 5. The van der Waals surface area contributed by atoms with Crippen LogP contribution in [0.3, 0.4) is 0 Å². The van der Waals surface area contributed by atoms with E-state index in [9.17, 15) is 22.0 Å². The number of fused-ring (bicyclic) bond motifs is 1. The number of sulfonamides is 1. The SMILES string of the molecule is COc1ncc(-c2ccc3ncc(OCCn4nccc4C)c(=O)n3c2)cc1NS(=O)(=O)c1ccc(F)cc1F. The number of hydrogen-bond acceptors (Lipinski definition) is 8. The first-order chi connectivity index (χ1) is 19.2. The van der Waals surface area contributed by atoms with Crippen molar-refractivity contribution in [3.05, 3.63) is 94.9 Å². The number of benzene rings is 1. The number of anilines is 1. The van der Waals surface area contributed by atoms with Crippen LogP contribution in [-0.4, -0.2) is 46.3 Å². The lowest BCUT2D eigenvalue weighted by Gasteiger charge is -2.13. The van der Waals surface area contributed by atoms with Gasteiger partial charge < -0.3 is 9.47 Å². The van der Waals surface area contributed by atoms with Gasteiger partial charge in [0.25, 0.3) is 15.6 Å². The van der Waals surface area contributed by atoms with Gasteiger partial charge in [-0.3, -0.25) is 18.6 Å². The van der Waals surface area contributed by atoms with Gasteiger partial charge in [0.2, 0.25) is 11.6 Å². The van der Waals surface area contributed by atoms with Crippen molar-refractivity contribution in [2.45, 2.75) is 18.4 Å². The van der Waals surface area contributed by atoms with Crippen LogP contribution < -0.4 is 19.8 Å². The van der Waals surface area contributed by atoms with Crippen LogP contribution in [0.2, 0.25) is 0 Å².